The highest BCUT2D eigenvalue weighted by Gasteiger charge is 1.97. The summed E-state index contributed by atoms with van der Waals surface area (Å²) in [6.45, 7) is 6.60. The number of hydrogen-bond acceptors (Lipinski definition) is 3. The van der Waals surface area contributed by atoms with Gasteiger partial charge in [-0.1, -0.05) is 219 Å². The van der Waals surface area contributed by atoms with Crippen LogP contribution in [-0.4, -0.2) is 30.7 Å². The van der Waals surface area contributed by atoms with E-state index < -0.39 is 10.4 Å². The molecule has 0 unspecified atom stereocenters. The molecule has 0 aliphatic carbocycles. The summed E-state index contributed by atoms with van der Waals surface area (Å²) in [5.41, 5.74) is 0. The lowest BCUT2D eigenvalue weighted by Gasteiger charge is -2.06. The van der Waals surface area contributed by atoms with Gasteiger partial charge >= 0.3 is 10.4 Å². The molecule has 2 N–H and O–H groups in total. The fourth-order valence-electron chi connectivity index (χ4n) is 5.96. The van der Waals surface area contributed by atoms with Crippen LogP contribution in [0.1, 0.15) is 232 Å². The van der Waals surface area contributed by atoms with Crippen LogP contribution in [0.25, 0.3) is 0 Å². The van der Waals surface area contributed by atoms with Crippen molar-refractivity contribution in [3.05, 3.63) is 0 Å². The summed E-state index contributed by atoms with van der Waals surface area (Å²) >= 11 is 0. The van der Waals surface area contributed by atoms with Crippen molar-refractivity contribution in [1.29, 1.82) is 0 Å². The average molecular weight is 649 g/mol. The molecule has 0 bridgehead atoms. The molecule has 0 heterocycles. The highest BCUT2D eigenvalue weighted by Crippen LogP contribution is 2.15. The Balaban J connectivity index is 0. The minimum atomic E-state index is -4.67. The molecular weight excluding hydrogens is 568 g/mol. The second-order valence-electron chi connectivity index (χ2n) is 13.4. The van der Waals surface area contributed by atoms with E-state index >= 15 is 0 Å². The Morgan fingerprint density at radius 2 is 0.455 bits per heavy atom. The Morgan fingerprint density at radius 3 is 0.614 bits per heavy atom. The zero-order valence-electron chi connectivity index (χ0n) is 30.0. The van der Waals surface area contributed by atoms with E-state index in [1.54, 1.807) is 0 Å². The first kappa shape index (κ1) is 46.0. The maximum absolute atomic E-state index is 8.74. The van der Waals surface area contributed by atoms with E-state index in [-0.39, 0.29) is 0 Å². The van der Waals surface area contributed by atoms with E-state index in [2.05, 4.69) is 13.8 Å². The van der Waals surface area contributed by atoms with Crippen molar-refractivity contribution in [1.82, 2.24) is 0 Å². The molecule has 0 amide bonds. The third-order valence-corrected chi connectivity index (χ3v) is 8.78. The van der Waals surface area contributed by atoms with Crippen LogP contribution < -0.4 is 0 Å². The van der Waals surface area contributed by atoms with Crippen LogP contribution in [0.15, 0.2) is 0 Å². The summed E-state index contributed by atoms with van der Waals surface area (Å²) in [5.74, 6) is 0. The Morgan fingerprint density at radius 1 is 0.318 bits per heavy atom. The summed E-state index contributed by atoms with van der Waals surface area (Å²) in [7, 11) is -4.67. The van der Waals surface area contributed by atoms with Gasteiger partial charge in [0.15, 0.2) is 0 Å². The molecule has 0 aliphatic heterocycles. The lowest BCUT2D eigenvalue weighted by Crippen LogP contribution is -1.97. The maximum Gasteiger partial charge on any atom is 0.394 e. The standard InChI is InChI=1S/C38H78O.H2O4S/c1-3-5-7-9-11-13-15-17-19-21-23-25-27-29-31-33-35-37-39-38-36-34-32-30-28-26-24-22-20-18-16-14-12-10-8-6-4-2;1-5(2,3)4/h3-38H2,1-2H3;(H2,1,2,3,4). The summed E-state index contributed by atoms with van der Waals surface area (Å²) in [5, 5.41) is 0. The second-order valence-corrected chi connectivity index (χ2v) is 14.3. The fraction of sp³-hybridized carbons (Fsp3) is 1.00. The number of hydrogen-bond donors (Lipinski definition) is 2. The molecule has 0 rings (SSSR count). The molecule has 0 aliphatic rings. The zero-order valence-corrected chi connectivity index (χ0v) is 30.8. The normalized spacial score (nSPS) is 11.5. The maximum atomic E-state index is 8.74. The minimum absolute atomic E-state index is 0.997. The van der Waals surface area contributed by atoms with Gasteiger partial charge in [-0.3, -0.25) is 9.11 Å². The Hall–Kier alpha value is -0.170. The van der Waals surface area contributed by atoms with Crippen LogP contribution in [0.4, 0.5) is 0 Å². The Bertz CT molecular complexity index is 552. The fourth-order valence-corrected chi connectivity index (χ4v) is 5.96. The highest BCUT2D eigenvalue weighted by atomic mass is 32.3. The van der Waals surface area contributed by atoms with Crippen LogP contribution in [-0.2, 0) is 15.1 Å². The van der Waals surface area contributed by atoms with E-state index in [1.165, 1.54) is 218 Å². The number of ether oxygens (including phenoxy) is 1. The molecule has 268 valence electrons. The molecule has 0 fully saturated rings. The van der Waals surface area contributed by atoms with Gasteiger partial charge in [0, 0.05) is 13.2 Å². The molecule has 0 aromatic heterocycles. The zero-order chi connectivity index (χ0) is 32.7. The summed E-state index contributed by atoms with van der Waals surface area (Å²) in [6, 6.07) is 0. The van der Waals surface area contributed by atoms with E-state index in [0.717, 1.165) is 13.2 Å². The molecule has 0 saturated heterocycles. The highest BCUT2D eigenvalue weighted by molar-refractivity contribution is 7.79. The van der Waals surface area contributed by atoms with Crippen molar-refractivity contribution >= 4 is 10.4 Å². The molecule has 5 nitrogen and oxygen atoms in total. The van der Waals surface area contributed by atoms with Gasteiger partial charge in [-0.25, -0.2) is 0 Å². The first-order chi connectivity index (χ1) is 21.4. The Labute approximate surface area is 277 Å². The van der Waals surface area contributed by atoms with Crippen molar-refractivity contribution in [3.63, 3.8) is 0 Å². The molecule has 0 saturated carbocycles. The second kappa shape index (κ2) is 40.9. The van der Waals surface area contributed by atoms with Crippen molar-refractivity contribution in [2.45, 2.75) is 232 Å². The van der Waals surface area contributed by atoms with E-state index in [1.807, 2.05) is 0 Å². The van der Waals surface area contributed by atoms with Crippen LogP contribution in [0.5, 0.6) is 0 Å². The minimum Gasteiger partial charge on any atom is -0.381 e. The predicted molar refractivity (Wildman–Crippen MR) is 193 cm³/mol. The molecule has 6 heteroatoms. The lowest BCUT2D eigenvalue weighted by atomic mass is 10.0. The molecule has 0 aromatic carbocycles. The van der Waals surface area contributed by atoms with Gasteiger partial charge in [-0.15, -0.1) is 0 Å². The van der Waals surface area contributed by atoms with Gasteiger partial charge in [0.1, 0.15) is 0 Å². The predicted octanol–water partition coefficient (Wildman–Crippen LogP) is 13.7. The van der Waals surface area contributed by atoms with Gasteiger partial charge < -0.3 is 4.74 Å². The summed E-state index contributed by atoms with van der Waals surface area (Å²) in [4.78, 5) is 0. The van der Waals surface area contributed by atoms with Crippen LogP contribution in [0.3, 0.4) is 0 Å². The molecule has 0 aromatic rings. The number of unbranched alkanes of at least 4 members (excludes halogenated alkanes) is 32. The molecule has 0 radical (unpaired) electrons. The SMILES string of the molecule is CCCCCCCCCCCCCCCCCCCOCCCCCCCCCCCCCCCCCCC.O=S(=O)(O)O. The molecule has 0 spiro atoms. The smallest absolute Gasteiger partial charge is 0.381 e. The quantitative estimate of drug-likeness (QED) is 0.0521. The first-order valence-corrected chi connectivity index (χ1v) is 21.1. The summed E-state index contributed by atoms with van der Waals surface area (Å²) in [6.07, 6.45) is 49.0. The van der Waals surface area contributed by atoms with Gasteiger partial charge in [0.05, 0.1) is 0 Å². The first-order valence-electron chi connectivity index (χ1n) is 19.7. The van der Waals surface area contributed by atoms with E-state index in [9.17, 15) is 0 Å². The van der Waals surface area contributed by atoms with Crippen molar-refractivity contribution in [2.75, 3.05) is 13.2 Å². The van der Waals surface area contributed by atoms with Gasteiger partial charge in [0.2, 0.25) is 0 Å². The number of rotatable bonds is 36. The average Bonchev–Trinajstić information content (AvgIpc) is 2.98. The monoisotopic (exact) mass is 649 g/mol. The van der Waals surface area contributed by atoms with Gasteiger partial charge in [-0.2, -0.15) is 8.42 Å². The van der Waals surface area contributed by atoms with Crippen LogP contribution in [0, 0.1) is 0 Å². The summed E-state index contributed by atoms with van der Waals surface area (Å²) < 4.78 is 37.5. The third kappa shape index (κ3) is 54.3. The Kier molecular flexibility index (Phi) is 42.7. The van der Waals surface area contributed by atoms with E-state index in [4.69, 9.17) is 22.3 Å². The third-order valence-electron chi connectivity index (χ3n) is 8.78. The largest absolute Gasteiger partial charge is 0.394 e. The molecule has 44 heavy (non-hydrogen) atoms. The van der Waals surface area contributed by atoms with Gasteiger partial charge in [-0.05, 0) is 12.8 Å². The van der Waals surface area contributed by atoms with Crippen LogP contribution in [0.2, 0.25) is 0 Å². The molecular formula is C38H80O5S. The lowest BCUT2D eigenvalue weighted by molar-refractivity contribution is 0.125. The van der Waals surface area contributed by atoms with Crippen molar-refractivity contribution in [3.8, 4) is 0 Å². The van der Waals surface area contributed by atoms with Crippen molar-refractivity contribution < 1.29 is 22.3 Å². The van der Waals surface area contributed by atoms with Crippen molar-refractivity contribution in [2.24, 2.45) is 0 Å². The van der Waals surface area contributed by atoms with E-state index in [0.29, 0.717) is 0 Å². The molecule has 0 atom stereocenters. The topological polar surface area (TPSA) is 83.8 Å². The van der Waals surface area contributed by atoms with Crippen LogP contribution >= 0.6 is 0 Å². The van der Waals surface area contributed by atoms with Gasteiger partial charge in [0.25, 0.3) is 0 Å².